The van der Waals surface area contributed by atoms with Gasteiger partial charge in [0.2, 0.25) is 0 Å². The standard InChI is InChI=1S/C13H13ClN2O2S/c1-18-13(17)16-11-4-2-10(3-5-11)15-7-12-6-9(14)8-19-12/h2-6,8,15H,7H2,1H3,(H,16,17). The fourth-order valence-corrected chi connectivity index (χ4v) is 2.49. The number of hydrogen-bond acceptors (Lipinski definition) is 4. The van der Waals surface area contributed by atoms with Crippen LogP contribution in [-0.4, -0.2) is 13.2 Å². The van der Waals surface area contributed by atoms with Crippen molar-refractivity contribution < 1.29 is 9.53 Å². The highest BCUT2D eigenvalue weighted by atomic mass is 35.5. The van der Waals surface area contributed by atoms with Crippen LogP contribution in [-0.2, 0) is 11.3 Å². The molecule has 0 aliphatic rings. The van der Waals surface area contributed by atoms with Crippen LogP contribution in [0.5, 0.6) is 0 Å². The quantitative estimate of drug-likeness (QED) is 0.889. The van der Waals surface area contributed by atoms with Crippen LogP contribution in [0.25, 0.3) is 0 Å². The second-order valence-electron chi connectivity index (χ2n) is 3.78. The third-order valence-electron chi connectivity index (χ3n) is 2.41. The van der Waals surface area contributed by atoms with Gasteiger partial charge < -0.3 is 10.1 Å². The van der Waals surface area contributed by atoms with E-state index in [1.54, 1.807) is 23.5 Å². The molecule has 0 unspecified atom stereocenters. The lowest BCUT2D eigenvalue weighted by molar-refractivity contribution is 0.187. The molecular weight excluding hydrogens is 284 g/mol. The zero-order chi connectivity index (χ0) is 13.7. The second-order valence-corrected chi connectivity index (χ2v) is 5.21. The number of carbonyl (C=O) groups excluding carboxylic acids is 1. The molecule has 1 amide bonds. The highest BCUT2D eigenvalue weighted by Crippen LogP contribution is 2.21. The summed E-state index contributed by atoms with van der Waals surface area (Å²) >= 11 is 7.47. The Bertz CT molecular complexity index is 554. The molecule has 0 saturated heterocycles. The van der Waals surface area contributed by atoms with Crippen LogP contribution in [0.15, 0.2) is 35.7 Å². The number of benzene rings is 1. The Morgan fingerprint density at radius 2 is 2.00 bits per heavy atom. The summed E-state index contributed by atoms with van der Waals surface area (Å²) in [5.74, 6) is 0. The van der Waals surface area contributed by atoms with Crippen LogP contribution in [0.3, 0.4) is 0 Å². The molecule has 0 aliphatic carbocycles. The van der Waals surface area contributed by atoms with Crippen LogP contribution in [0.2, 0.25) is 5.02 Å². The molecule has 0 bridgehead atoms. The average Bonchev–Trinajstić information content (AvgIpc) is 2.83. The molecule has 0 fully saturated rings. The highest BCUT2D eigenvalue weighted by molar-refractivity contribution is 7.10. The van der Waals surface area contributed by atoms with E-state index < -0.39 is 6.09 Å². The summed E-state index contributed by atoms with van der Waals surface area (Å²) in [6.07, 6.45) is -0.478. The molecule has 2 N–H and O–H groups in total. The van der Waals surface area contributed by atoms with Crippen LogP contribution < -0.4 is 10.6 Å². The van der Waals surface area contributed by atoms with Gasteiger partial charge in [-0.1, -0.05) is 11.6 Å². The van der Waals surface area contributed by atoms with E-state index in [0.29, 0.717) is 5.69 Å². The fraction of sp³-hybridized carbons (Fsp3) is 0.154. The van der Waals surface area contributed by atoms with Crippen molar-refractivity contribution in [3.8, 4) is 0 Å². The Kier molecular flexibility index (Phi) is 4.65. The van der Waals surface area contributed by atoms with Gasteiger partial charge in [-0.2, -0.15) is 0 Å². The van der Waals surface area contributed by atoms with E-state index >= 15 is 0 Å². The lowest BCUT2D eigenvalue weighted by Crippen LogP contribution is -2.10. The molecule has 100 valence electrons. The van der Waals surface area contributed by atoms with E-state index in [9.17, 15) is 4.79 Å². The predicted molar refractivity (Wildman–Crippen MR) is 79.1 cm³/mol. The van der Waals surface area contributed by atoms with E-state index in [0.717, 1.165) is 17.3 Å². The van der Waals surface area contributed by atoms with Gasteiger partial charge in [-0.3, -0.25) is 5.32 Å². The molecule has 1 heterocycles. The zero-order valence-electron chi connectivity index (χ0n) is 10.3. The summed E-state index contributed by atoms with van der Waals surface area (Å²) in [6, 6.07) is 9.33. The minimum Gasteiger partial charge on any atom is -0.453 e. The Balaban J connectivity index is 1.89. The topological polar surface area (TPSA) is 50.4 Å². The van der Waals surface area contributed by atoms with E-state index in [1.807, 2.05) is 23.6 Å². The third kappa shape index (κ3) is 4.15. The predicted octanol–water partition coefficient (Wildman–Crippen LogP) is 4.19. The van der Waals surface area contributed by atoms with Crippen molar-refractivity contribution in [3.63, 3.8) is 0 Å². The molecule has 0 atom stereocenters. The van der Waals surface area contributed by atoms with Gasteiger partial charge >= 0.3 is 6.09 Å². The van der Waals surface area contributed by atoms with Crippen molar-refractivity contribution in [1.29, 1.82) is 0 Å². The van der Waals surface area contributed by atoms with Gasteiger partial charge in [0.1, 0.15) is 0 Å². The summed E-state index contributed by atoms with van der Waals surface area (Å²) in [5.41, 5.74) is 1.66. The maximum Gasteiger partial charge on any atom is 0.411 e. The number of thiophene rings is 1. The first-order valence-corrected chi connectivity index (χ1v) is 6.85. The van der Waals surface area contributed by atoms with Crippen molar-refractivity contribution in [1.82, 2.24) is 0 Å². The Hall–Kier alpha value is -1.72. The van der Waals surface area contributed by atoms with Crippen molar-refractivity contribution in [2.24, 2.45) is 0 Å². The minimum absolute atomic E-state index is 0.478. The lowest BCUT2D eigenvalue weighted by Gasteiger charge is -2.07. The highest BCUT2D eigenvalue weighted by Gasteiger charge is 2.01. The molecule has 1 aromatic heterocycles. The maximum absolute atomic E-state index is 11.0. The van der Waals surface area contributed by atoms with Crippen LogP contribution >= 0.6 is 22.9 Å². The summed E-state index contributed by atoms with van der Waals surface area (Å²) in [7, 11) is 1.33. The fourth-order valence-electron chi connectivity index (χ4n) is 1.48. The Morgan fingerprint density at radius 3 is 2.58 bits per heavy atom. The van der Waals surface area contributed by atoms with Gasteiger partial charge in [-0.15, -0.1) is 11.3 Å². The SMILES string of the molecule is COC(=O)Nc1ccc(NCc2cc(Cl)cs2)cc1. The van der Waals surface area contributed by atoms with Crippen molar-refractivity contribution in [2.75, 3.05) is 17.7 Å². The smallest absolute Gasteiger partial charge is 0.411 e. The number of hydrogen-bond donors (Lipinski definition) is 2. The molecule has 0 saturated carbocycles. The molecule has 19 heavy (non-hydrogen) atoms. The van der Waals surface area contributed by atoms with E-state index in [1.165, 1.54) is 12.0 Å². The summed E-state index contributed by atoms with van der Waals surface area (Å²) < 4.78 is 4.52. The van der Waals surface area contributed by atoms with Crippen LogP contribution in [0.1, 0.15) is 4.88 Å². The molecule has 0 radical (unpaired) electrons. The lowest BCUT2D eigenvalue weighted by atomic mass is 10.3. The molecule has 6 heteroatoms. The molecule has 1 aromatic carbocycles. The number of halogens is 1. The van der Waals surface area contributed by atoms with Gasteiger partial charge in [0.05, 0.1) is 12.1 Å². The van der Waals surface area contributed by atoms with E-state index in [-0.39, 0.29) is 0 Å². The first-order valence-electron chi connectivity index (χ1n) is 5.59. The average molecular weight is 297 g/mol. The number of anilines is 2. The third-order valence-corrected chi connectivity index (χ3v) is 3.69. The molecule has 2 aromatic rings. The Morgan fingerprint density at radius 1 is 1.32 bits per heavy atom. The summed E-state index contributed by atoms with van der Waals surface area (Å²) in [6.45, 7) is 0.723. The van der Waals surface area contributed by atoms with Gasteiger partial charge in [0.25, 0.3) is 0 Å². The molecule has 2 rings (SSSR count). The maximum atomic E-state index is 11.0. The second kappa shape index (κ2) is 6.45. The van der Waals surface area contributed by atoms with Gasteiger partial charge in [0, 0.05) is 28.2 Å². The number of ether oxygens (including phenoxy) is 1. The van der Waals surface area contributed by atoms with Crippen molar-refractivity contribution in [3.05, 3.63) is 45.6 Å². The normalized spacial score (nSPS) is 10.0. The van der Waals surface area contributed by atoms with Gasteiger partial charge in [-0.05, 0) is 30.3 Å². The molecular formula is C13H13ClN2O2S. The molecule has 0 spiro atoms. The van der Waals surface area contributed by atoms with Crippen LogP contribution in [0, 0.1) is 0 Å². The summed E-state index contributed by atoms with van der Waals surface area (Å²) in [5, 5.41) is 8.54. The monoisotopic (exact) mass is 296 g/mol. The largest absolute Gasteiger partial charge is 0.453 e. The number of carbonyl (C=O) groups is 1. The van der Waals surface area contributed by atoms with Crippen molar-refractivity contribution in [2.45, 2.75) is 6.54 Å². The van der Waals surface area contributed by atoms with Crippen molar-refractivity contribution >= 4 is 40.4 Å². The molecule has 4 nitrogen and oxygen atoms in total. The van der Waals surface area contributed by atoms with Gasteiger partial charge in [0.15, 0.2) is 0 Å². The minimum atomic E-state index is -0.478. The Labute approximate surface area is 120 Å². The summed E-state index contributed by atoms with van der Waals surface area (Å²) in [4.78, 5) is 12.2. The zero-order valence-corrected chi connectivity index (χ0v) is 11.8. The molecule has 0 aliphatic heterocycles. The number of amides is 1. The number of nitrogens with one attached hydrogen (secondary N) is 2. The number of rotatable bonds is 4. The van der Waals surface area contributed by atoms with E-state index in [2.05, 4.69) is 15.4 Å². The van der Waals surface area contributed by atoms with Crippen LogP contribution in [0.4, 0.5) is 16.2 Å². The first kappa shape index (κ1) is 13.7. The first-order chi connectivity index (χ1) is 9.17. The number of methoxy groups -OCH3 is 1. The van der Waals surface area contributed by atoms with Gasteiger partial charge in [-0.25, -0.2) is 4.79 Å². The van der Waals surface area contributed by atoms with E-state index in [4.69, 9.17) is 11.6 Å².